The molecule has 1 heterocycles. The van der Waals surface area contributed by atoms with Crippen LogP contribution in [0.2, 0.25) is 0 Å². The molecule has 7 heteroatoms. The van der Waals surface area contributed by atoms with Crippen LogP contribution >= 0.6 is 0 Å². The zero-order chi connectivity index (χ0) is 14.0. The maximum Gasteiger partial charge on any atom is 0.239 e. The Morgan fingerprint density at radius 3 is 2.58 bits per heavy atom. The molecule has 3 N–H and O–H groups in total. The number of carbonyl (C=O) groups excluding carboxylic acids is 1. The summed E-state index contributed by atoms with van der Waals surface area (Å²) in [6.07, 6.45) is 0. The van der Waals surface area contributed by atoms with Gasteiger partial charge in [-0.05, 0) is 0 Å². The van der Waals surface area contributed by atoms with E-state index in [9.17, 15) is 4.79 Å². The molecule has 7 nitrogen and oxygen atoms in total. The number of hydrogen-bond acceptors (Lipinski definition) is 5. The smallest absolute Gasteiger partial charge is 0.239 e. The van der Waals surface area contributed by atoms with Gasteiger partial charge in [-0.1, -0.05) is 0 Å². The molecule has 0 bridgehead atoms. The summed E-state index contributed by atoms with van der Waals surface area (Å²) in [4.78, 5) is 15.7. The van der Waals surface area contributed by atoms with Gasteiger partial charge in [-0.3, -0.25) is 4.79 Å². The minimum absolute atomic E-state index is 0.105. The molecule has 0 saturated heterocycles. The van der Waals surface area contributed by atoms with Crippen LogP contribution in [0, 0.1) is 0 Å². The number of methoxy groups -OCH3 is 2. The number of hydrogen-bond donors (Lipinski definition) is 2. The van der Waals surface area contributed by atoms with Crippen molar-refractivity contribution in [3.63, 3.8) is 0 Å². The summed E-state index contributed by atoms with van der Waals surface area (Å²) >= 11 is 0. The van der Waals surface area contributed by atoms with Crippen LogP contribution in [0.25, 0.3) is 11.0 Å². The number of benzene rings is 1. The van der Waals surface area contributed by atoms with Gasteiger partial charge in [0, 0.05) is 19.2 Å². The standard InChI is InChI=1S/C12H16N4O3/c1-14-11(17)6-16-8-5-10(19-3)9(18-2)4-7(8)15-12(16)13/h4-5H,6H2,1-3H3,(H2,13,15)(H,14,17). The molecule has 1 amide bonds. The number of aromatic nitrogens is 2. The minimum Gasteiger partial charge on any atom is -0.493 e. The Morgan fingerprint density at radius 1 is 1.37 bits per heavy atom. The number of carbonyl (C=O) groups is 1. The first-order valence-corrected chi connectivity index (χ1v) is 5.69. The summed E-state index contributed by atoms with van der Waals surface area (Å²) in [5.74, 6) is 1.25. The molecule has 2 rings (SSSR count). The van der Waals surface area contributed by atoms with E-state index in [-0.39, 0.29) is 18.4 Å². The van der Waals surface area contributed by atoms with Crippen molar-refractivity contribution in [3.8, 4) is 11.5 Å². The van der Waals surface area contributed by atoms with Crippen molar-refractivity contribution < 1.29 is 14.3 Å². The lowest BCUT2D eigenvalue weighted by Crippen LogP contribution is -2.24. The summed E-state index contributed by atoms with van der Waals surface area (Å²) in [6.45, 7) is 0.105. The van der Waals surface area contributed by atoms with Crippen LogP contribution in [-0.4, -0.2) is 36.7 Å². The van der Waals surface area contributed by atoms with Crippen molar-refractivity contribution in [1.29, 1.82) is 0 Å². The SMILES string of the molecule is CNC(=O)Cn1c(N)nc2cc(OC)c(OC)cc21. The summed E-state index contributed by atoms with van der Waals surface area (Å²) in [5, 5.41) is 2.55. The van der Waals surface area contributed by atoms with Crippen LogP contribution in [0.15, 0.2) is 12.1 Å². The van der Waals surface area contributed by atoms with Crippen LogP contribution in [0.1, 0.15) is 0 Å². The number of amides is 1. The van der Waals surface area contributed by atoms with Gasteiger partial charge in [0.25, 0.3) is 0 Å². The van der Waals surface area contributed by atoms with E-state index in [4.69, 9.17) is 15.2 Å². The summed E-state index contributed by atoms with van der Waals surface area (Å²) < 4.78 is 12.1. The number of likely N-dealkylation sites (N-methyl/N-ethyl adjacent to an activating group) is 1. The fourth-order valence-corrected chi connectivity index (χ4v) is 1.86. The average molecular weight is 264 g/mol. The van der Waals surface area contributed by atoms with Crippen molar-refractivity contribution in [2.24, 2.45) is 0 Å². The van der Waals surface area contributed by atoms with Gasteiger partial charge in [0.15, 0.2) is 11.5 Å². The predicted octanol–water partition coefficient (Wildman–Crippen LogP) is 0.382. The third-order valence-electron chi connectivity index (χ3n) is 2.86. The second-order valence-corrected chi connectivity index (χ2v) is 3.93. The third kappa shape index (κ3) is 2.26. The van der Waals surface area contributed by atoms with Crippen molar-refractivity contribution in [2.45, 2.75) is 6.54 Å². The Kier molecular flexibility index (Phi) is 3.46. The van der Waals surface area contributed by atoms with Gasteiger partial charge in [-0.15, -0.1) is 0 Å². The highest BCUT2D eigenvalue weighted by molar-refractivity contribution is 5.85. The summed E-state index contributed by atoms with van der Waals surface area (Å²) in [6, 6.07) is 3.48. The number of anilines is 1. The van der Waals surface area contributed by atoms with Gasteiger partial charge >= 0.3 is 0 Å². The monoisotopic (exact) mass is 264 g/mol. The molecule has 2 aromatic rings. The quantitative estimate of drug-likeness (QED) is 0.833. The number of nitrogen functional groups attached to an aromatic ring is 1. The first-order valence-electron chi connectivity index (χ1n) is 5.69. The third-order valence-corrected chi connectivity index (χ3v) is 2.86. The highest BCUT2D eigenvalue weighted by Gasteiger charge is 2.15. The molecule has 0 unspecified atom stereocenters. The van der Waals surface area contributed by atoms with Gasteiger partial charge in [0.2, 0.25) is 11.9 Å². The van der Waals surface area contributed by atoms with Gasteiger partial charge in [0.05, 0.1) is 25.3 Å². The van der Waals surface area contributed by atoms with E-state index < -0.39 is 0 Å². The first kappa shape index (κ1) is 13.0. The second-order valence-electron chi connectivity index (χ2n) is 3.93. The molecular weight excluding hydrogens is 248 g/mol. The fourth-order valence-electron chi connectivity index (χ4n) is 1.86. The molecule has 1 aromatic carbocycles. The van der Waals surface area contributed by atoms with Crippen LogP contribution in [0.4, 0.5) is 5.95 Å². The van der Waals surface area contributed by atoms with E-state index in [1.165, 1.54) is 0 Å². The molecule has 1 aromatic heterocycles. The fraction of sp³-hybridized carbons (Fsp3) is 0.333. The van der Waals surface area contributed by atoms with Gasteiger partial charge in [-0.2, -0.15) is 0 Å². The van der Waals surface area contributed by atoms with Crippen LogP contribution in [0.5, 0.6) is 11.5 Å². The molecule has 0 aliphatic heterocycles. The topological polar surface area (TPSA) is 91.4 Å². The van der Waals surface area contributed by atoms with E-state index in [2.05, 4.69) is 10.3 Å². The zero-order valence-corrected chi connectivity index (χ0v) is 11.1. The molecule has 102 valence electrons. The molecule has 0 fully saturated rings. The Bertz CT molecular complexity index is 621. The van der Waals surface area contributed by atoms with E-state index >= 15 is 0 Å². The molecule has 0 saturated carbocycles. The lowest BCUT2D eigenvalue weighted by atomic mass is 10.2. The maximum atomic E-state index is 11.5. The molecular formula is C12H16N4O3. The van der Waals surface area contributed by atoms with E-state index in [1.807, 2.05) is 0 Å². The first-order chi connectivity index (χ1) is 9.10. The molecule has 0 atom stereocenters. The minimum atomic E-state index is -0.152. The highest BCUT2D eigenvalue weighted by atomic mass is 16.5. The van der Waals surface area contributed by atoms with Crippen molar-refractivity contribution in [1.82, 2.24) is 14.9 Å². The summed E-state index contributed by atoms with van der Waals surface area (Å²) in [7, 11) is 4.67. The molecule has 0 aliphatic rings. The van der Waals surface area contributed by atoms with Crippen LogP contribution in [0.3, 0.4) is 0 Å². The Labute approximate surface area is 110 Å². The van der Waals surface area contributed by atoms with E-state index in [0.717, 1.165) is 5.52 Å². The number of fused-ring (bicyclic) bond motifs is 1. The van der Waals surface area contributed by atoms with Gasteiger partial charge in [0.1, 0.15) is 6.54 Å². The lowest BCUT2D eigenvalue weighted by Gasteiger charge is -2.09. The van der Waals surface area contributed by atoms with Gasteiger partial charge < -0.3 is 25.1 Å². The second kappa shape index (κ2) is 5.05. The van der Waals surface area contributed by atoms with Gasteiger partial charge in [-0.25, -0.2) is 4.98 Å². The number of ether oxygens (including phenoxy) is 2. The van der Waals surface area contributed by atoms with Crippen molar-refractivity contribution >= 4 is 22.9 Å². The molecule has 0 spiro atoms. The zero-order valence-electron chi connectivity index (χ0n) is 11.1. The normalized spacial score (nSPS) is 10.5. The summed E-state index contributed by atoms with van der Waals surface area (Å²) in [5.41, 5.74) is 7.20. The molecule has 0 radical (unpaired) electrons. The molecule has 19 heavy (non-hydrogen) atoms. The number of imidazole rings is 1. The van der Waals surface area contributed by atoms with Crippen molar-refractivity contribution in [2.75, 3.05) is 27.0 Å². The number of nitrogens with one attached hydrogen (secondary N) is 1. The highest BCUT2D eigenvalue weighted by Crippen LogP contribution is 2.32. The number of nitrogens with two attached hydrogens (primary N) is 1. The maximum absolute atomic E-state index is 11.5. The predicted molar refractivity (Wildman–Crippen MR) is 71.3 cm³/mol. The largest absolute Gasteiger partial charge is 0.493 e. The lowest BCUT2D eigenvalue weighted by molar-refractivity contribution is -0.121. The van der Waals surface area contributed by atoms with Crippen LogP contribution in [-0.2, 0) is 11.3 Å². The average Bonchev–Trinajstić information content (AvgIpc) is 2.72. The van der Waals surface area contributed by atoms with Crippen molar-refractivity contribution in [3.05, 3.63) is 12.1 Å². The number of rotatable bonds is 4. The van der Waals surface area contributed by atoms with E-state index in [0.29, 0.717) is 17.0 Å². The Hall–Kier alpha value is -2.44. The Balaban J connectivity index is 2.58. The number of nitrogens with zero attached hydrogens (tertiary/aromatic N) is 2. The van der Waals surface area contributed by atoms with Crippen LogP contribution < -0.4 is 20.5 Å². The van der Waals surface area contributed by atoms with E-state index in [1.54, 1.807) is 38.0 Å². The Morgan fingerprint density at radius 2 is 2.00 bits per heavy atom. The molecule has 0 aliphatic carbocycles.